The third-order valence-electron chi connectivity index (χ3n) is 8.38. The maximum atomic E-state index is 13.9. The van der Waals surface area contributed by atoms with Crippen molar-refractivity contribution in [2.45, 2.75) is 99.4 Å². The summed E-state index contributed by atoms with van der Waals surface area (Å²) in [7, 11) is 1.82. The fourth-order valence-corrected chi connectivity index (χ4v) is 8.56. The maximum absolute atomic E-state index is 13.9. The minimum Gasteiger partial charge on any atom is -0.381 e. The summed E-state index contributed by atoms with van der Waals surface area (Å²) >= 11 is 8.45. The first-order valence-corrected chi connectivity index (χ1v) is 13.4. The van der Waals surface area contributed by atoms with Gasteiger partial charge in [0.1, 0.15) is 0 Å². The number of alkyl halides is 1. The average Bonchev–Trinajstić information content (AvgIpc) is 3.33. The number of nitrogens with zero attached hydrogens (tertiary/aromatic N) is 2. The highest BCUT2D eigenvalue weighted by Gasteiger charge is 2.63. The molecule has 0 bridgehead atoms. The number of rotatable bonds is 4. The molecule has 3 saturated carbocycles. The smallest absolute Gasteiger partial charge is 0.261 e. The molecule has 2 heterocycles. The predicted molar refractivity (Wildman–Crippen MR) is 123 cm³/mol. The van der Waals surface area contributed by atoms with Crippen LogP contribution >= 0.6 is 23.4 Å². The molecule has 7 heteroatoms. The van der Waals surface area contributed by atoms with E-state index in [1.807, 2.05) is 7.11 Å². The predicted octanol–water partition coefficient (Wildman–Crippen LogP) is 4.74. The monoisotopic (exact) mass is 453 g/mol. The molecule has 1 N–H and O–H groups in total. The Morgan fingerprint density at radius 2 is 1.93 bits per heavy atom. The number of amides is 1. The summed E-state index contributed by atoms with van der Waals surface area (Å²) in [5.74, 6) is 1.49. The van der Waals surface area contributed by atoms with E-state index in [2.05, 4.69) is 10.3 Å². The quantitative estimate of drug-likeness (QED) is 0.625. The van der Waals surface area contributed by atoms with E-state index in [-0.39, 0.29) is 11.3 Å². The van der Waals surface area contributed by atoms with E-state index in [1.54, 1.807) is 11.8 Å². The summed E-state index contributed by atoms with van der Waals surface area (Å²) in [6.45, 7) is 0.836. The van der Waals surface area contributed by atoms with Gasteiger partial charge in [-0.05, 0) is 50.9 Å². The third-order valence-corrected chi connectivity index (χ3v) is 10.5. The van der Waals surface area contributed by atoms with Crippen molar-refractivity contribution in [3.63, 3.8) is 0 Å². The fourth-order valence-electron chi connectivity index (χ4n) is 6.68. The number of thioether (sulfide) groups is 1. The summed E-state index contributed by atoms with van der Waals surface area (Å²) < 4.78 is 5.64. The van der Waals surface area contributed by atoms with Crippen LogP contribution in [-0.2, 0) is 9.53 Å². The largest absolute Gasteiger partial charge is 0.381 e. The highest BCUT2D eigenvalue weighted by molar-refractivity contribution is 8.16. The van der Waals surface area contributed by atoms with Crippen LogP contribution in [0, 0.1) is 17.8 Å². The van der Waals surface area contributed by atoms with Crippen LogP contribution in [0.1, 0.15) is 77.0 Å². The van der Waals surface area contributed by atoms with E-state index in [1.165, 1.54) is 32.1 Å². The van der Waals surface area contributed by atoms with E-state index < -0.39 is 4.87 Å². The number of carbonyl (C=O) groups excluding carboxylic acids is 1. The van der Waals surface area contributed by atoms with Gasteiger partial charge in [-0.25, -0.2) is 0 Å². The molecule has 5 aliphatic rings. The van der Waals surface area contributed by atoms with Gasteiger partial charge in [0.15, 0.2) is 4.87 Å². The van der Waals surface area contributed by atoms with Crippen molar-refractivity contribution in [3.05, 3.63) is 0 Å². The number of nitrogens with one attached hydrogen (secondary N) is 1. The van der Waals surface area contributed by atoms with Crippen molar-refractivity contribution >= 4 is 34.3 Å². The zero-order valence-corrected chi connectivity index (χ0v) is 19.7. The zero-order chi connectivity index (χ0) is 20.7. The third kappa shape index (κ3) is 3.69. The number of ether oxygens (including phenoxy) is 1. The molecule has 1 saturated heterocycles. The van der Waals surface area contributed by atoms with Crippen LogP contribution in [0.3, 0.4) is 0 Å². The van der Waals surface area contributed by atoms with Crippen molar-refractivity contribution in [2.24, 2.45) is 22.9 Å². The summed E-state index contributed by atoms with van der Waals surface area (Å²) in [5.41, 5.74) is 3.43. The lowest BCUT2D eigenvalue weighted by Crippen LogP contribution is -2.49. The first kappa shape index (κ1) is 21.4. The standard InChI is InChI=1S/C23H36ClN3O2S/c1-29-17-9-6-8-15(13-17)21-25-26-23(30-21)18-10-3-5-12-20(18)27(22(23)28)14-16-7-2-4-11-19(16)24/h15-20,26H,2-14H2,1H3. The Labute approximate surface area is 190 Å². The maximum Gasteiger partial charge on any atom is 0.261 e. The van der Waals surface area contributed by atoms with Crippen LogP contribution in [0.2, 0.25) is 0 Å². The van der Waals surface area contributed by atoms with Gasteiger partial charge in [0.05, 0.1) is 11.1 Å². The zero-order valence-electron chi connectivity index (χ0n) is 18.2. The lowest BCUT2D eigenvalue weighted by atomic mass is 9.82. The Morgan fingerprint density at radius 3 is 2.77 bits per heavy atom. The van der Waals surface area contributed by atoms with Gasteiger partial charge >= 0.3 is 0 Å². The van der Waals surface area contributed by atoms with Gasteiger partial charge < -0.3 is 9.64 Å². The van der Waals surface area contributed by atoms with Gasteiger partial charge in [-0.1, -0.05) is 43.9 Å². The SMILES string of the molecule is COC1CCCC(C2=NNC3(S2)C(=O)N(CC2CCCCC2Cl)C2CCCCC23)C1. The second-order valence-corrected chi connectivity index (χ2v) is 11.9. The van der Waals surface area contributed by atoms with E-state index in [4.69, 9.17) is 21.4 Å². The fraction of sp³-hybridized carbons (Fsp3) is 0.913. The molecule has 0 aromatic heterocycles. The van der Waals surface area contributed by atoms with Crippen molar-refractivity contribution < 1.29 is 9.53 Å². The molecular weight excluding hydrogens is 418 g/mol. The molecule has 7 atom stereocenters. The number of halogens is 1. The summed E-state index contributed by atoms with van der Waals surface area (Å²) in [4.78, 5) is 15.6. The van der Waals surface area contributed by atoms with Crippen LogP contribution in [0.15, 0.2) is 5.10 Å². The van der Waals surface area contributed by atoms with E-state index >= 15 is 0 Å². The number of methoxy groups -OCH3 is 1. The molecule has 168 valence electrons. The van der Waals surface area contributed by atoms with Crippen molar-refractivity contribution in [2.75, 3.05) is 13.7 Å². The molecule has 5 nitrogen and oxygen atoms in total. The van der Waals surface area contributed by atoms with Gasteiger partial charge in [0.25, 0.3) is 5.91 Å². The van der Waals surface area contributed by atoms with Gasteiger partial charge in [-0.3, -0.25) is 10.2 Å². The molecular formula is C23H36ClN3O2S. The first-order valence-electron chi connectivity index (χ1n) is 12.1. The lowest BCUT2D eigenvalue weighted by Gasteiger charge is -2.36. The van der Waals surface area contributed by atoms with Gasteiger partial charge in [0.2, 0.25) is 0 Å². The minimum atomic E-state index is -0.573. The Kier molecular flexibility index (Phi) is 6.29. The van der Waals surface area contributed by atoms with Crippen LogP contribution in [0.25, 0.3) is 0 Å². The molecule has 0 aromatic rings. The molecule has 5 rings (SSSR count). The minimum absolute atomic E-state index is 0.217. The number of hydrogen-bond donors (Lipinski definition) is 1. The van der Waals surface area contributed by atoms with Gasteiger partial charge in [-0.2, -0.15) is 5.10 Å². The average molecular weight is 454 g/mol. The molecule has 2 aliphatic heterocycles. The first-order chi connectivity index (χ1) is 14.6. The summed E-state index contributed by atoms with van der Waals surface area (Å²) in [6, 6.07) is 0.352. The van der Waals surface area contributed by atoms with E-state index in [0.29, 0.717) is 29.9 Å². The summed E-state index contributed by atoms with van der Waals surface area (Å²) in [6.07, 6.45) is 14.3. The molecule has 30 heavy (non-hydrogen) atoms. The van der Waals surface area contributed by atoms with Crippen molar-refractivity contribution in [3.8, 4) is 0 Å². The molecule has 1 spiro atoms. The second kappa shape index (κ2) is 8.82. The Hall–Kier alpha value is -0.460. The molecule has 4 fully saturated rings. The van der Waals surface area contributed by atoms with Crippen LogP contribution in [0.4, 0.5) is 0 Å². The van der Waals surface area contributed by atoms with Crippen LogP contribution < -0.4 is 5.43 Å². The number of carbonyl (C=O) groups is 1. The van der Waals surface area contributed by atoms with Gasteiger partial charge in [0, 0.05) is 36.9 Å². The molecule has 0 aromatic carbocycles. The normalized spacial score (nSPS) is 44.1. The molecule has 1 amide bonds. The number of hydrazone groups is 1. The summed E-state index contributed by atoms with van der Waals surface area (Å²) in [5, 5.41) is 6.16. The molecule has 7 unspecified atom stereocenters. The van der Waals surface area contributed by atoms with Crippen molar-refractivity contribution in [1.82, 2.24) is 10.3 Å². The highest BCUT2D eigenvalue weighted by atomic mass is 35.5. The number of fused-ring (bicyclic) bond motifs is 2. The van der Waals surface area contributed by atoms with Crippen LogP contribution in [0.5, 0.6) is 0 Å². The Morgan fingerprint density at radius 1 is 1.13 bits per heavy atom. The van der Waals surface area contributed by atoms with Gasteiger partial charge in [-0.15, -0.1) is 11.6 Å². The second-order valence-electron chi connectivity index (χ2n) is 10.1. The Balaban J connectivity index is 1.34. The number of likely N-dealkylation sites (tertiary alicyclic amines) is 1. The van der Waals surface area contributed by atoms with E-state index in [9.17, 15) is 4.79 Å². The highest BCUT2D eigenvalue weighted by Crippen LogP contribution is 2.53. The van der Waals surface area contributed by atoms with Crippen molar-refractivity contribution in [1.29, 1.82) is 0 Å². The number of hydrogen-bond acceptors (Lipinski definition) is 5. The lowest BCUT2D eigenvalue weighted by molar-refractivity contribution is -0.132. The van der Waals surface area contributed by atoms with E-state index in [0.717, 1.165) is 56.5 Å². The van der Waals surface area contributed by atoms with Crippen LogP contribution in [-0.4, -0.2) is 51.9 Å². The molecule has 3 aliphatic carbocycles. The Bertz CT molecular complexity index is 691. The topological polar surface area (TPSA) is 53.9 Å². The molecule has 0 radical (unpaired) electrons.